The minimum Gasteiger partial charge on any atom is -0.508 e. The Morgan fingerprint density at radius 3 is 2.05 bits per heavy atom. The first-order valence-electron chi connectivity index (χ1n) is 7.71. The van der Waals surface area contributed by atoms with Gasteiger partial charge in [-0.3, -0.25) is 0 Å². The maximum Gasteiger partial charge on any atom is 0.122 e. The van der Waals surface area contributed by atoms with Crippen molar-refractivity contribution >= 4 is 0 Å². The Bertz CT molecular complexity index is 639. The first-order valence-corrected chi connectivity index (χ1v) is 7.71. The van der Waals surface area contributed by atoms with Gasteiger partial charge in [-0.1, -0.05) is 30.3 Å². The Kier molecular flexibility index (Phi) is 3.83. The number of aromatic hydroxyl groups is 2. The lowest BCUT2D eigenvalue weighted by Gasteiger charge is -2.10. The number of rotatable bonds is 5. The van der Waals surface area contributed by atoms with E-state index in [1.54, 1.807) is 12.1 Å². The molecule has 0 unspecified atom stereocenters. The van der Waals surface area contributed by atoms with Gasteiger partial charge in [0.05, 0.1) is 11.7 Å². The van der Waals surface area contributed by atoms with Crippen molar-refractivity contribution in [2.75, 3.05) is 0 Å². The van der Waals surface area contributed by atoms with Crippen molar-refractivity contribution in [1.82, 2.24) is 0 Å². The largest absolute Gasteiger partial charge is 0.508 e. The van der Waals surface area contributed by atoms with Gasteiger partial charge in [-0.15, -0.1) is 0 Å². The molecule has 2 aromatic carbocycles. The summed E-state index contributed by atoms with van der Waals surface area (Å²) in [7, 11) is 0. The molecule has 3 rings (SSSR count). The van der Waals surface area contributed by atoms with Gasteiger partial charge in [-0.25, -0.2) is 0 Å². The summed E-state index contributed by atoms with van der Waals surface area (Å²) in [5.41, 5.74) is 2.63. The fourth-order valence-corrected chi connectivity index (χ4v) is 2.79. The zero-order chi connectivity index (χ0) is 15.7. The fraction of sp³-hybridized carbons (Fsp3) is 0.368. The zero-order valence-corrected chi connectivity index (χ0v) is 13.0. The number of benzene rings is 2. The van der Waals surface area contributed by atoms with Crippen molar-refractivity contribution < 1.29 is 14.9 Å². The molecule has 0 saturated carbocycles. The lowest BCUT2D eigenvalue weighted by molar-refractivity contribution is 0.321. The highest BCUT2D eigenvalue weighted by molar-refractivity contribution is 5.47. The van der Waals surface area contributed by atoms with Gasteiger partial charge in [0.1, 0.15) is 11.5 Å². The second-order valence-electron chi connectivity index (χ2n) is 6.51. The topological polar surface area (TPSA) is 53.0 Å². The van der Waals surface area contributed by atoms with Crippen molar-refractivity contribution in [2.24, 2.45) is 0 Å². The van der Waals surface area contributed by atoms with Crippen LogP contribution in [0.3, 0.4) is 0 Å². The second kappa shape index (κ2) is 5.65. The molecule has 0 radical (unpaired) electrons. The van der Waals surface area contributed by atoms with Gasteiger partial charge < -0.3 is 14.9 Å². The molecule has 2 N–H and O–H groups in total. The molecule has 2 aromatic rings. The maximum absolute atomic E-state index is 10.2. The summed E-state index contributed by atoms with van der Waals surface area (Å²) < 4.78 is 5.53. The molecule has 1 fully saturated rings. The Labute approximate surface area is 131 Å². The van der Waals surface area contributed by atoms with Crippen LogP contribution < -0.4 is 0 Å². The van der Waals surface area contributed by atoms with Crippen molar-refractivity contribution in [3.8, 4) is 11.5 Å². The number of hydrogen-bond donors (Lipinski definition) is 2. The molecule has 0 amide bonds. The maximum atomic E-state index is 10.2. The van der Waals surface area contributed by atoms with Crippen LogP contribution in [0.4, 0.5) is 0 Å². The van der Waals surface area contributed by atoms with E-state index in [1.807, 2.05) is 32.0 Å². The van der Waals surface area contributed by atoms with E-state index >= 15 is 0 Å². The smallest absolute Gasteiger partial charge is 0.122 e. The van der Waals surface area contributed by atoms with Gasteiger partial charge >= 0.3 is 0 Å². The minimum absolute atomic E-state index is 0.0690. The predicted molar refractivity (Wildman–Crippen MR) is 86.3 cm³/mol. The minimum atomic E-state index is -0.148. The molecule has 0 aromatic heterocycles. The van der Waals surface area contributed by atoms with Crippen LogP contribution in [-0.2, 0) is 24.0 Å². The molecule has 0 spiro atoms. The summed E-state index contributed by atoms with van der Waals surface area (Å²) >= 11 is 0. The third kappa shape index (κ3) is 3.25. The number of epoxide rings is 1. The summed E-state index contributed by atoms with van der Waals surface area (Å²) in [5.74, 6) is 0.323. The Balaban J connectivity index is 1.69. The third-order valence-corrected chi connectivity index (χ3v) is 4.36. The molecule has 0 bridgehead atoms. The second-order valence-corrected chi connectivity index (χ2v) is 6.51. The highest BCUT2D eigenvalue weighted by Gasteiger charge is 2.48. The third-order valence-electron chi connectivity index (χ3n) is 4.36. The van der Waals surface area contributed by atoms with Gasteiger partial charge in [0.15, 0.2) is 0 Å². The summed E-state index contributed by atoms with van der Waals surface area (Å²) in [6.45, 7) is 4.03. The van der Waals surface area contributed by atoms with E-state index in [9.17, 15) is 10.2 Å². The summed E-state index contributed by atoms with van der Waals surface area (Å²) in [6.07, 6.45) is 2.29. The van der Waals surface area contributed by atoms with Gasteiger partial charge in [-0.2, -0.15) is 0 Å². The molecule has 3 heteroatoms. The SMILES string of the molecule is CC1(C)O[C@H]1Cc1c(O)cc(CCc2ccccc2)cc1O. The monoisotopic (exact) mass is 298 g/mol. The summed E-state index contributed by atoms with van der Waals surface area (Å²) in [5, 5.41) is 20.4. The molecule has 1 aliphatic heterocycles. The van der Waals surface area contributed by atoms with Crippen LogP contribution in [0.1, 0.15) is 30.5 Å². The van der Waals surface area contributed by atoms with E-state index in [0.717, 1.165) is 18.4 Å². The molecular formula is C19H22O3. The van der Waals surface area contributed by atoms with E-state index in [0.29, 0.717) is 12.0 Å². The predicted octanol–water partition coefficient (Wildman–Crippen LogP) is 3.60. The van der Waals surface area contributed by atoms with Gasteiger partial charge in [0.25, 0.3) is 0 Å². The highest BCUT2D eigenvalue weighted by atomic mass is 16.6. The van der Waals surface area contributed by atoms with Crippen LogP contribution in [0.5, 0.6) is 11.5 Å². The van der Waals surface area contributed by atoms with Crippen molar-refractivity contribution in [3.63, 3.8) is 0 Å². The van der Waals surface area contributed by atoms with Gasteiger partial charge in [0.2, 0.25) is 0 Å². The van der Waals surface area contributed by atoms with Gasteiger partial charge in [-0.05, 0) is 49.9 Å². The lowest BCUT2D eigenvalue weighted by Crippen LogP contribution is -2.06. The average molecular weight is 298 g/mol. The zero-order valence-electron chi connectivity index (χ0n) is 13.0. The molecule has 116 valence electrons. The fourth-order valence-electron chi connectivity index (χ4n) is 2.79. The highest BCUT2D eigenvalue weighted by Crippen LogP contribution is 2.41. The van der Waals surface area contributed by atoms with Crippen LogP contribution in [0.15, 0.2) is 42.5 Å². The van der Waals surface area contributed by atoms with E-state index < -0.39 is 0 Å². The van der Waals surface area contributed by atoms with E-state index in [-0.39, 0.29) is 23.2 Å². The molecule has 1 heterocycles. The number of hydrogen-bond acceptors (Lipinski definition) is 3. The number of aryl methyl sites for hydroxylation is 2. The normalized spacial score (nSPS) is 19.1. The van der Waals surface area contributed by atoms with E-state index in [1.165, 1.54) is 5.56 Å². The molecule has 1 atom stereocenters. The number of phenolic OH excluding ortho intramolecular Hbond substituents is 2. The van der Waals surface area contributed by atoms with Crippen molar-refractivity contribution in [1.29, 1.82) is 0 Å². The average Bonchev–Trinajstić information content (AvgIpc) is 3.09. The molecule has 1 saturated heterocycles. The van der Waals surface area contributed by atoms with Crippen LogP contribution in [0, 0.1) is 0 Å². The van der Waals surface area contributed by atoms with Crippen LogP contribution >= 0.6 is 0 Å². The molecule has 1 aliphatic rings. The summed E-state index contributed by atoms with van der Waals surface area (Å²) in [6, 6.07) is 13.7. The van der Waals surface area contributed by atoms with Crippen molar-refractivity contribution in [3.05, 3.63) is 59.2 Å². The Morgan fingerprint density at radius 2 is 1.50 bits per heavy atom. The molecule has 0 aliphatic carbocycles. The van der Waals surface area contributed by atoms with Crippen LogP contribution in [0.25, 0.3) is 0 Å². The lowest BCUT2D eigenvalue weighted by atomic mass is 9.97. The first kappa shape index (κ1) is 14.9. The number of ether oxygens (including phenoxy) is 1. The molecule has 22 heavy (non-hydrogen) atoms. The van der Waals surface area contributed by atoms with E-state index in [2.05, 4.69) is 12.1 Å². The van der Waals surface area contributed by atoms with Gasteiger partial charge in [0, 0.05) is 12.0 Å². The van der Waals surface area contributed by atoms with Crippen LogP contribution in [0.2, 0.25) is 0 Å². The number of phenols is 2. The van der Waals surface area contributed by atoms with Crippen molar-refractivity contribution in [2.45, 2.75) is 44.8 Å². The first-order chi connectivity index (χ1) is 10.5. The van der Waals surface area contributed by atoms with Crippen LogP contribution in [-0.4, -0.2) is 21.9 Å². The molecular weight excluding hydrogens is 276 g/mol. The standard InChI is InChI=1S/C19H22O3/c1-19(2)18(22-19)12-15-16(20)10-14(11-17(15)21)9-8-13-6-4-3-5-7-13/h3-7,10-11,18,20-21H,8-9,12H2,1-2H3/t18-/m0/s1. The Hall–Kier alpha value is -2.00. The quantitative estimate of drug-likeness (QED) is 0.829. The summed E-state index contributed by atoms with van der Waals surface area (Å²) in [4.78, 5) is 0. The molecule has 3 nitrogen and oxygen atoms in total. The van der Waals surface area contributed by atoms with E-state index in [4.69, 9.17) is 4.74 Å². The Morgan fingerprint density at radius 1 is 0.955 bits per heavy atom.